The predicted octanol–water partition coefficient (Wildman–Crippen LogP) is 0.299. The van der Waals surface area contributed by atoms with E-state index in [4.69, 9.17) is 18.4 Å². The van der Waals surface area contributed by atoms with E-state index in [0.717, 1.165) is 5.56 Å². The Morgan fingerprint density at radius 1 is 1.24 bits per heavy atom. The molecule has 8 nitrogen and oxygen atoms in total. The Bertz CT molecular complexity index is 714. The molecule has 2 N–H and O–H groups in total. The molecule has 9 heteroatoms. The van der Waals surface area contributed by atoms with Crippen molar-refractivity contribution in [2.24, 2.45) is 0 Å². The van der Waals surface area contributed by atoms with Gasteiger partial charge in [0, 0.05) is 0 Å². The van der Waals surface area contributed by atoms with E-state index in [1.807, 2.05) is 6.92 Å². The fourth-order valence-electron chi connectivity index (χ4n) is 2.94. The zero-order valence-corrected chi connectivity index (χ0v) is 15.0. The van der Waals surface area contributed by atoms with Crippen LogP contribution in [0.5, 0.6) is 0 Å². The van der Waals surface area contributed by atoms with Crippen LogP contribution in [0.1, 0.15) is 19.4 Å². The van der Waals surface area contributed by atoms with Crippen LogP contribution >= 0.6 is 0 Å². The molecule has 0 unspecified atom stereocenters. The van der Waals surface area contributed by atoms with Gasteiger partial charge in [-0.25, -0.2) is 0 Å². The molecule has 0 bridgehead atoms. The fraction of sp³-hybridized carbons (Fsp3) is 0.625. The van der Waals surface area contributed by atoms with Gasteiger partial charge in [0.2, 0.25) is 0 Å². The lowest BCUT2D eigenvalue weighted by Gasteiger charge is -2.27. The number of hydrogen-bond donors (Lipinski definition) is 2. The molecule has 3 rings (SSSR count). The second kappa shape index (κ2) is 6.58. The van der Waals surface area contributed by atoms with Crippen LogP contribution in [0.2, 0.25) is 0 Å². The molecule has 5 atom stereocenters. The van der Waals surface area contributed by atoms with Crippen molar-refractivity contribution < 1.29 is 37.0 Å². The van der Waals surface area contributed by atoms with Crippen LogP contribution in [0, 0.1) is 6.92 Å². The first-order valence-electron chi connectivity index (χ1n) is 7.93. The van der Waals surface area contributed by atoms with Gasteiger partial charge in [-0.05, 0) is 32.9 Å². The van der Waals surface area contributed by atoms with Gasteiger partial charge in [0.25, 0.3) is 10.1 Å². The molecular weight excluding hydrogens is 352 g/mol. The molecule has 2 aliphatic rings. The normalized spacial score (nSPS) is 32.5. The molecule has 0 amide bonds. The van der Waals surface area contributed by atoms with Crippen molar-refractivity contribution in [3.05, 3.63) is 29.8 Å². The van der Waals surface area contributed by atoms with Crippen LogP contribution in [0.4, 0.5) is 0 Å². The minimum atomic E-state index is -4.13. The standard InChI is InChI=1S/C16H22O8S/c1-9-4-6-10(7-5-9)25(19,20)24-11(8-17)13-12(18)14-15(21-13)23-16(2,3)22-14/h4-7,11-15,17-18H,8H2,1-3H3/t11-,12-,13+,14-,15-/m1/s1. The van der Waals surface area contributed by atoms with E-state index in [0.29, 0.717) is 0 Å². The van der Waals surface area contributed by atoms with Gasteiger partial charge in [-0.2, -0.15) is 8.42 Å². The summed E-state index contributed by atoms with van der Waals surface area (Å²) in [6, 6.07) is 6.10. The molecule has 0 radical (unpaired) electrons. The van der Waals surface area contributed by atoms with Crippen LogP contribution in [0.3, 0.4) is 0 Å². The summed E-state index contributed by atoms with van der Waals surface area (Å²) in [5.74, 6) is -0.912. The summed E-state index contributed by atoms with van der Waals surface area (Å²) in [5, 5.41) is 19.9. The first-order chi connectivity index (χ1) is 11.6. The van der Waals surface area contributed by atoms with Gasteiger partial charge in [-0.15, -0.1) is 0 Å². The summed E-state index contributed by atoms with van der Waals surface area (Å²) in [6.45, 7) is 4.53. The largest absolute Gasteiger partial charge is 0.394 e. The fourth-order valence-corrected chi connectivity index (χ4v) is 4.01. The Balaban J connectivity index is 1.74. The van der Waals surface area contributed by atoms with Gasteiger partial charge in [-0.1, -0.05) is 17.7 Å². The zero-order chi connectivity index (χ0) is 18.4. The van der Waals surface area contributed by atoms with Crippen molar-refractivity contribution in [3.8, 4) is 0 Å². The SMILES string of the molecule is Cc1ccc(S(=O)(=O)O[C@H](CO)[C@@H]2O[C@@H]3OC(C)(C)O[C@@H]3[C@@H]2O)cc1. The van der Waals surface area contributed by atoms with E-state index in [1.54, 1.807) is 26.0 Å². The molecular formula is C16H22O8S. The summed E-state index contributed by atoms with van der Waals surface area (Å²) >= 11 is 0. The molecule has 1 aromatic rings. The lowest BCUT2D eigenvalue weighted by Crippen LogP contribution is -2.44. The third-order valence-corrected chi connectivity index (χ3v) is 5.51. The Labute approximate surface area is 146 Å². The van der Waals surface area contributed by atoms with E-state index < -0.39 is 53.2 Å². The van der Waals surface area contributed by atoms with E-state index in [2.05, 4.69) is 0 Å². The van der Waals surface area contributed by atoms with Crippen LogP contribution in [-0.4, -0.2) is 61.7 Å². The third kappa shape index (κ3) is 3.72. The van der Waals surface area contributed by atoms with Crippen molar-refractivity contribution in [1.29, 1.82) is 0 Å². The van der Waals surface area contributed by atoms with Crippen molar-refractivity contribution in [2.75, 3.05) is 6.61 Å². The highest BCUT2D eigenvalue weighted by Gasteiger charge is 2.56. The Morgan fingerprint density at radius 2 is 1.88 bits per heavy atom. The van der Waals surface area contributed by atoms with Crippen molar-refractivity contribution in [3.63, 3.8) is 0 Å². The molecule has 140 valence electrons. The molecule has 2 fully saturated rings. The molecule has 0 aromatic heterocycles. The van der Waals surface area contributed by atoms with Crippen molar-refractivity contribution in [2.45, 2.75) is 62.2 Å². The number of aliphatic hydroxyl groups is 2. The first kappa shape index (κ1) is 18.7. The smallest absolute Gasteiger partial charge is 0.297 e. The molecule has 0 aliphatic carbocycles. The highest BCUT2D eigenvalue weighted by atomic mass is 32.2. The highest BCUT2D eigenvalue weighted by Crippen LogP contribution is 2.39. The highest BCUT2D eigenvalue weighted by molar-refractivity contribution is 7.86. The average molecular weight is 374 g/mol. The second-order valence-electron chi connectivity index (χ2n) is 6.64. The second-order valence-corrected chi connectivity index (χ2v) is 8.22. The monoisotopic (exact) mass is 374 g/mol. The van der Waals surface area contributed by atoms with Crippen LogP contribution in [0.25, 0.3) is 0 Å². The van der Waals surface area contributed by atoms with Gasteiger partial charge >= 0.3 is 0 Å². The van der Waals surface area contributed by atoms with Crippen molar-refractivity contribution >= 4 is 10.1 Å². The van der Waals surface area contributed by atoms with E-state index >= 15 is 0 Å². The minimum absolute atomic E-state index is 0.0436. The van der Waals surface area contributed by atoms with Crippen LogP contribution in [-0.2, 0) is 28.5 Å². The maximum absolute atomic E-state index is 12.4. The Morgan fingerprint density at radius 3 is 2.44 bits per heavy atom. The van der Waals surface area contributed by atoms with Crippen LogP contribution < -0.4 is 0 Å². The number of aryl methyl sites for hydroxylation is 1. The predicted molar refractivity (Wildman–Crippen MR) is 85.0 cm³/mol. The average Bonchev–Trinajstić information content (AvgIpc) is 2.99. The van der Waals surface area contributed by atoms with Gasteiger partial charge in [0.15, 0.2) is 12.1 Å². The van der Waals surface area contributed by atoms with Crippen LogP contribution in [0.15, 0.2) is 29.2 Å². The van der Waals surface area contributed by atoms with Gasteiger partial charge in [0.1, 0.15) is 24.4 Å². The van der Waals surface area contributed by atoms with Crippen molar-refractivity contribution in [1.82, 2.24) is 0 Å². The zero-order valence-electron chi connectivity index (χ0n) is 14.2. The Hall–Kier alpha value is -1.07. The number of rotatable bonds is 5. The lowest BCUT2D eigenvalue weighted by molar-refractivity contribution is -0.225. The van der Waals surface area contributed by atoms with E-state index in [9.17, 15) is 18.6 Å². The number of hydrogen-bond acceptors (Lipinski definition) is 8. The van der Waals surface area contributed by atoms with Gasteiger partial charge < -0.3 is 24.4 Å². The summed E-state index contributed by atoms with van der Waals surface area (Å²) in [6.07, 6.45) is -5.22. The molecule has 25 heavy (non-hydrogen) atoms. The molecule has 2 aliphatic heterocycles. The number of fused-ring (bicyclic) bond motifs is 1. The van der Waals surface area contributed by atoms with E-state index in [-0.39, 0.29) is 4.90 Å². The number of ether oxygens (including phenoxy) is 3. The topological polar surface area (TPSA) is 112 Å². The van der Waals surface area contributed by atoms with Gasteiger partial charge in [-0.3, -0.25) is 4.18 Å². The maximum Gasteiger partial charge on any atom is 0.297 e. The minimum Gasteiger partial charge on any atom is -0.394 e. The Kier molecular flexibility index (Phi) is 4.93. The summed E-state index contributed by atoms with van der Waals surface area (Å²) in [7, 11) is -4.13. The summed E-state index contributed by atoms with van der Waals surface area (Å²) in [5.41, 5.74) is 0.900. The lowest BCUT2D eigenvalue weighted by atomic mass is 10.1. The number of benzene rings is 1. The van der Waals surface area contributed by atoms with E-state index in [1.165, 1.54) is 12.1 Å². The maximum atomic E-state index is 12.4. The molecule has 1 aromatic carbocycles. The summed E-state index contributed by atoms with van der Waals surface area (Å²) < 4.78 is 46.5. The molecule has 0 saturated carbocycles. The summed E-state index contributed by atoms with van der Waals surface area (Å²) in [4.78, 5) is -0.0436. The number of aliphatic hydroxyl groups excluding tert-OH is 2. The third-order valence-electron chi connectivity index (χ3n) is 4.16. The molecule has 2 heterocycles. The first-order valence-corrected chi connectivity index (χ1v) is 9.34. The van der Waals surface area contributed by atoms with Gasteiger partial charge in [0.05, 0.1) is 11.5 Å². The quantitative estimate of drug-likeness (QED) is 0.708. The molecule has 2 saturated heterocycles. The molecule has 0 spiro atoms.